The Morgan fingerprint density at radius 2 is 2.21 bits per heavy atom. The summed E-state index contributed by atoms with van der Waals surface area (Å²) in [6.45, 7) is 2.21. The van der Waals surface area contributed by atoms with Gasteiger partial charge < -0.3 is 10.6 Å². The topological polar surface area (TPSA) is 86.4 Å². The first kappa shape index (κ1) is 22.4. The van der Waals surface area contributed by atoms with Gasteiger partial charge in [0, 0.05) is 17.8 Å². The highest BCUT2D eigenvalue weighted by Crippen LogP contribution is 2.25. The maximum absolute atomic E-state index is 13.3. The van der Waals surface area contributed by atoms with E-state index in [1.54, 1.807) is 11.4 Å². The number of nitrogens with zero attached hydrogens (tertiary/aromatic N) is 2. The van der Waals surface area contributed by atoms with Crippen LogP contribution in [0.2, 0.25) is 5.02 Å². The molecule has 0 saturated carbocycles. The summed E-state index contributed by atoms with van der Waals surface area (Å²) in [6.07, 6.45) is 0.274. The third-order valence-electron chi connectivity index (χ3n) is 4.24. The van der Waals surface area contributed by atoms with E-state index >= 15 is 0 Å². The molecule has 1 aliphatic heterocycles. The van der Waals surface area contributed by atoms with E-state index in [9.17, 15) is 14.0 Å². The van der Waals surface area contributed by atoms with Crippen molar-refractivity contribution in [3.8, 4) is 0 Å². The van der Waals surface area contributed by atoms with E-state index in [-0.39, 0.29) is 23.3 Å². The zero-order chi connectivity index (χ0) is 21.1. The molecule has 1 aromatic heterocycles. The van der Waals surface area contributed by atoms with E-state index < -0.39 is 17.9 Å². The molecule has 1 saturated heterocycles. The van der Waals surface area contributed by atoms with Gasteiger partial charge in [0.1, 0.15) is 16.9 Å². The number of likely N-dealkylation sites (N-methyl/N-ethyl adjacent to an activating group) is 1. The molecule has 1 fully saturated rings. The minimum absolute atomic E-state index is 0.0721. The van der Waals surface area contributed by atoms with Gasteiger partial charge in [0.15, 0.2) is 0 Å². The number of hydrogen-bond donors (Lipinski definition) is 3. The van der Waals surface area contributed by atoms with Crippen molar-refractivity contribution in [2.45, 2.75) is 32.0 Å². The number of nitrogens with one attached hydrogen (secondary N) is 3. The van der Waals surface area contributed by atoms with Crippen molar-refractivity contribution in [1.29, 1.82) is 0 Å². The number of halogens is 3. The van der Waals surface area contributed by atoms with Gasteiger partial charge >= 0.3 is 0 Å². The van der Waals surface area contributed by atoms with Gasteiger partial charge in [0.05, 0.1) is 27.1 Å². The lowest BCUT2D eigenvalue weighted by molar-refractivity contribution is -0.124. The summed E-state index contributed by atoms with van der Waals surface area (Å²) in [4.78, 5) is 29.6. The Labute approximate surface area is 189 Å². The van der Waals surface area contributed by atoms with Crippen molar-refractivity contribution in [3.63, 3.8) is 0 Å². The van der Waals surface area contributed by atoms with Crippen LogP contribution in [0.4, 0.5) is 10.1 Å². The molecule has 29 heavy (non-hydrogen) atoms. The summed E-state index contributed by atoms with van der Waals surface area (Å²) < 4.78 is 19.0. The number of carbonyl (C=O) groups excluding carboxylic acids is 2. The molecule has 3 rings (SSSR count). The lowest BCUT2D eigenvalue weighted by Gasteiger charge is -2.34. The van der Waals surface area contributed by atoms with Gasteiger partial charge in [-0.2, -0.15) is 0 Å². The highest BCUT2D eigenvalue weighted by Gasteiger charge is 2.35. The maximum atomic E-state index is 13.3. The molecule has 0 bridgehead atoms. The predicted octanol–water partition coefficient (Wildman–Crippen LogP) is 3.49. The van der Waals surface area contributed by atoms with Gasteiger partial charge in [-0.05, 0) is 54.5 Å². The lowest BCUT2D eigenvalue weighted by Crippen LogP contribution is -2.53. The Morgan fingerprint density at radius 1 is 1.45 bits per heavy atom. The van der Waals surface area contributed by atoms with Gasteiger partial charge in [-0.3, -0.25) is 9.59 Å². The second kappa shape index (κ2) is 9.71. The van der Waals surface area contributed by atoms with Crippen LogP contribution in [-0.2, 0) is 16.1 Å². The third-order valence-corrected chi connectivity index (χ3v) is 7.47. The third kappa shape index (κ3) is 5.68. The Morgan fingerprint density at radius 3 is 2.86 bits per heavy atom. The van der Waals surface area contributed by atoms with Gasteiger partial charge in [-0.25, -0.2) is 18.4 Å². The number of carbonyl (C=O) groups is 2. The number of amides is 2. The predicted molar refractivity (Wildman–Crippen MR) is 117 cm³/mol. The first-order valence-electron chi connectivity index (χ1n) is 8.55. The number of thiazole rings is 1. The van der Waals surface area contributed by atoms with E-state index in [1.165, 1.54) is 41.7 Å². The molecule has 0 aliphatic carbocycles. The quantitative estimate of drug-likeness (QED) is 0.521. The highest BCUT2D eigenvalue weighted by atomic mass is 79.9. The number of benzene rings is 1. The summed E-state index contributed by atoms with van der Waals surface area (Å²) in [5, 5.41) is 6.29. The van der Waals surface area contributed by atoms with Crippen molar-refractivity contribution >= 4 is 68.5 Å². The van der Waals surface area contributed by atoms with Gasteiger partial charge in [-0.15, -0.1) is 11.3 Å². The molecule has 3 N–H and O–H groups in total. The summed E-state index contributed by atoms with van der Waals surface area (Å²) in [5.41, 5.74) is 1.27. The SMILES string of the molecule is Cc1nc(CNC(=O)C2CC(C(=O)Nc3ccc(F)c(Cl)c3)N(C)SN2)sc1Br. The summed E-state index contributed by atoms with van der Waals surface area (Å²) in [6, 6.07) is 2.87. The van der Waals surface area contributed by atoms with Crippen LogP contribution in [0.15, 0.2) is 22.0 Å². The molecule has 2 heterocycles. The van der Waals surface area contributed by atoms with Crippen molar-refractivity contribution in [2.75, 3.05) is 12.4 Å². The Hall–Kier alpha value is -1.24. The van der Waals surface area contributed by atoms with Crippen molar-refractivity contribution in [3.05, 3.63) is 43.5 Å². The Balaban J connectivity index is 1.59. The van der Waals surface area contributed by atoms with Crippen molar-refractivity contribution < 1.29 is 14.0 Å². The maximum Gasteiger partial charge on any atom is 0.242 e. The van der Waals surface area contributed by atoms with Crippen molar-refractivity contribution in [1.82, 2.24) is 19.3 Å². The molecule has 2 unspecified atom stereocenters. The fourth-order valence-electron chi connectivity index (χ4n) is 2.66. The smallest absolute Gasteiger partial charge is 0.242 e. The lowest BCUT2D eigenvalue weighted by atomic mass is 10.1. The van der Waals surface area contributed by atoms with E-state index in [0.717, 1.165) is 14.5 Å². The van der Waals surface area contributed by atoms with E-state index in [0.29, 0.717) is 12.2 Å². The molecule has 2 atom stereocenters. The molecule has 0 radical (unpaired) electrons. The van der Waals surface area contributed by atoms with Crippen LogP contribution in [0.5, 0.6) is 0 Å². The second-order valence-corrected chi connectivity index (χ2v) is 10.2. The fourth-order valence-corrected chi connectivity index (χ4v) is 5.02. The Kier molecular flexibility index (Phi) is 7.52. The summed E-state index contributed by atoms with van der Waals surface area (Å²) in [5.74, 6) is -1.07. The zero-order valence-corrected chi connectivity index (χ0v) is 19.4. The molecule has 2 amide bonds. The molecule has 12 heteroatoms. The number of anilines is 1. The van der Waals surface area contributed by atoms with Crippen LogP contribution in [0.1, 0.15) is 17.1 Å². The monoisotopic (exact) mass is 521 g/mol. The largest absolute Gasteiger partial charge is 0.348 e. The Bertz CT molecular complexity index is 912. The molecular formula is C17H18BrClFN5O2S2. The minimum Gasteiger partial charge on any atom is -0.348 e. The van der Waals surface area contributed by atoms with Crippen LogP contribution >= 0.6 is 51.0 Å². The molecule has 7 nitrogen and oxygen atoms in total. The average molecular weight is 523 g/mol. The first-order valence-corrected chi connectivity index (χ1v) is 11.3. The first-order chi connectivity index (χ1) is 13.7. The van der Waals surface area contributed by atoms with Crippen molar-refractivity contribution in [2.24, 2.45) is 0 Å². The highest BCUT2D eigenvalue weighted by molar-refractivity contribution is 9.11. The molecule has 1 aliphatic rings. The number of hydrogen-bond acceptors (Lipinski definition) is 7. The normalized spacial score (nSPS) is 19.8. The van der Waals surface area contributed by atoms with Crippen LogP contribution in [0.3, 0.4) is 0 Å². The number of aromatic nitrogens is 1. The molecule has 156 valence electrons. The zero-order valence-electron chi connectivity index (χ0n) is 15.5. The van der Waals surface area contributed by atoms with Gasteiger partial charge in [0.2, 0.25) is 11.8 Å². The van der Waals surface area contributed by atoms with Crippen LogP contribution < -0.4 is 15.4 Å². The molecular weight excluding hydrogens is 505 g/mol. The molecule has 2 aromatic rings. The second-order valence-electron chi connectivity index (χ2n) is 6.36. The number of rotatable bonds is 5. The summed E-state index contributed by atoms with van der Waals surface area (Å²) in [7, 11) is 1.75. The van der Waals surface area contributed by atoms with Crippen LogP contribution in [0, 0.1) is 12.7 Å². The van der Waals surface area contributed by atoms with Gasteiger partial charge in [-0.1, -0.05) is 11.6 Å². The van der Waals surface area contributed by atoms with Crippen LogP contribution in [-0.4, -0.2) is 40.2 Å². The van der Waals surface area contributed by atoms with Gasteiger partial charge in [0.25, 0.3) is 0 Å². The molecule has 1 aromatic carbocycles. The average Bonchev–Trinajstić information content (AvgIpc) is 3.00. The molecule has 0 spiro atoms. The van der Waals surface area contributed by atoms with E-state index in [4.69, 9.17) is 11.6 Å². The van der Waals surface area contributed by atoms with Crippen LogP contribution in [0.25, 0.3) is 0 Å². The van der Waals surface area contributed by atoms with E-state index in [1.807, 2.05) is 6.92 Å². The number of aryl methyl sites for hydroxylation is 1. The minimum atomic E-state index is -0.558. The standard InChI is InChI=1S/C17H18BrClFN5O2S2/c1-8-15(18)28-14(22-8)7-21-16(26)12-6-13(25(2)29-24-12)17(27)23-9-3-4-11(20)10(19)5-9/h3-5,12-13,24H,6-7H2,1-2H3,(H,21,26)(H,23,27). The van der Waals surface area contributed by atoms with E-state index in [2.05, 4.69) is 36.3 Å². The summed E-state index contributed by atoms with van der Waals surface area (Å²) >= 11 is 11.8. The fraction of sp³-hybridized carbons (Fsp3) is 0.353.